The van der Waals surface area contributed by atoms with E-state index in [0.29, 0.717) is 19.7 Å². The van der Waals surface area contributed by atoms with E-state index in [2.05, 4.69) is 47.8 Å². The summed E-state index contributed by atoms with van der Waals surface area (Å²) in [5, 5.41) is 1.91. The lowest BCUT2D eigenvalue weighted by atomic mass is 10.1. The summed E-state index contributed by atoms with van der Waals surface area (Å²) in [5.41, 5.74) is -0.192. The summed E-state index contributed by atoms with van der Waals surface area (Å²) in [5.74, 6) is -0.424. The van der Waals surface area contributed by atoms with Gasteiger partial charge in [-0.1, -0.05) is 34.1 Å². The lowest BCUT2D eigenvalue weighted by Crippen LogP contribution is -1.99. The zero-order chi connectivity index (χ0) is 14.4. The summed E-state index contributed by atoms with van der Waals surface area (Å²) < 4.78 is 16.1. The summed E-state index contributed by atoms with van der Waals surface area (Å²) in [6.45, 7) is 0. The average molecular weight is 461 g/mol. The molecule has 0 fully saturated rings. The summed E-state index contributed by atoms with van der Waals surface area (Å²) in [6, 6.07) is 9.95. The highest BCUT2D eigenvalue weighted by atomic mass is 79.9. The molecule has 5 heteroatoms. The molecule has 0 saturated heterocycles. The Morgan fingerprint density at radius 3 is 2.35 bits per heavy atom. The van der Waals surface area contributed by atoms with Gasteiger partial charge in [-0.3, -0.25) is 4.79 Å². The van der Waals surface area contributed by atoms with E-state index < -0.39 is 5.82 Å². The maximum atomic E-state index is 14.1. The molecular formula is C15H6Br3FO. The fourth-order valence-corrected chi connectivity index (χ4v) is 3.73. The summed E-state index contributed by atoms with van der Waals surface area (Å²) in [7, 11) is 0. The van der Waals surface area contributed by atoms with Gasteiger partial charge in [0.15, 0.2) is 5.43 Å². The van der Waals surface area contributed by atoms with Crippen LogP contribution in [0.15, 0.2) is 54.6 Å². The predicted molar refractivity (Wildman–Crippen MR) is 90.8 cm³/mol. The van der Waals surface area contributed by atoms with Gasteiger partial charge in [0.25, 0.3) is 0 Å². The van der Waals surface area contributed by atoms with Gasteiger partial charge < -0.3 is 0 Å². The Morgan fingerprint density at radius 1 is 0.850 bits per heavy atom. The number of hydrogen-bond acceptors (Lipinski definition) is 1. The van der Waals surface area contributed by atoms with E-state index in [1.807, 2.05) is 12.1 Å². The summed E-state index contributed by atoms with van der Waals surface area (Å²) in [4.78, 5) is 12.7. The van der Waals surface area contributed by atoms with Gasteiger partial charge in [-0.05, 0) is 50.1 Å². The van der Waals surface area contributed by atoms with Crippen LogP contribution in [0.5, 0.6) is 0 Å². The first-order chi connectivity index (χ1) is 9.50. The van der Waals surface area contributed by atoms with Crippen LogP contribution in [0.4, 0.5) is 4.39 Å². The summed E-state index contributed by atoms with van der Waals surface area (Å²) >= 11 is 10.2. The molecule has 3 aromatic rings. The minimum Gasteiger partial charge on any atom is -0.289 e. The monoisotopic (exact) mass is 458 g/mol. The van der Waals surface area contributed by atoms with Crippen LogP contribution in [-0.4, -0.2) is 0 Å². The van der Waals surface area contributed by atoms with E-state index in [1.54, 1.807) is 18.2 Å². The minimum absolute atomic E-state index is 0.192. The Bertz CT molecular complexity index is 915. The topological polar surface area (TPSA) is 17.1 Å². The second-order valence-electron chi connectivity index (χ2n) is 4.31. The second kappa shape index (κ2) is 5.20. The predicted octanol–water partition coefficient (Wildman–Crippen LogP) is 5.78. The Kier molecular flexibility index (Phi) is 3.69. The lowest BCUT2D eigenvalue weighted by Gasteiger charge is -1.98. The van der Waals surface area contributed by atoms with Crippen LogP contribution in [0, 0.1) is 5.82 Å². The third-order valence-electron chi connectivity index (χ3n) is 3.13. The molecule has 0 N–H and O–H groups in total. The SMILES string of the molecule is O=c1c2cc(Br)ccc2c(Br)c(Br)c2c(F)cccc12. The molecule has 1 nitrogen and oxygen atoms in total. The van der Waals surface area contributed by atoms with Gasteiger partial charge in [0.2, 0.25) is 0 Å². The van der Waals surface area contributed by atoms with Gasteiger partial charge in [-0.15, -0.1) is 0 Å². The van der Waals surface area contributed by atoms with Crippen molar-refractivity contribution in [2.45, 2.75) is 0 Å². The highest BCUT2D eigenvalue weighted by molar-refractivity contribution is 9.13. The van der Waals surface area contributed by atoms with Crippen LogP contribution in [0.2, 0.25) is 0 Å². The standard InChI is InChI=1S/C15H6Br3FO/c16-7-4-5-8-10(6-7)15(20)9-2-1-3-11(19)12(9)14(18)13(8)17/h1-6H. The molecule has 0 heterocycles. The zero-order valence-corrected chi connectivity index (χ0v) is 14.6. The molecule has 0 spiro atoms. The smallest absolute Gasteiger partial charge is 0.194 e. The molecule has 100 valence electrons. The van der Waals surface area contributed by atoms with E-state index in [9.17, 15) is 9.18 Å². The number of halogens is 4. The second-order valence-corrected chi connectivity index (χ2v) is 6.81. The molecule has 0 aliphatic rings. The Morgan fingerprint density at radius 2 is 1.60 bits per heavy atom. The van der Waals surface area contributed by atoms with Crippen LogP contribution in [0.3, 0.4) is 0 Å². The summed E-state index contributed by atoms with van der Waals surface area (Å²) in [6.07, 6.45) is 0. The molecule has 0 aliphatic carbocycles. The first-order valence-electron chi connectivity index (χ1n) is 5.69. The van der Waals surface area contributed by atoms with Crippen LogP contribution < -0.4 is 5.43 Å². The molecule has 0 saturated carbocycles. The maximum absolute atomic E-state index is 14.1. The fourth-order valence-electron chi connectivity index (χ4n) is 2.21. The first kappa shape index (κ1) is 14.2. The third-order valence-corrected chi connectivity index (χ3v) is 5.78. The number of fused-ring (bicyclic) bond motifs is 2. The van der Waals surface area contributed by atoms with Gasteiger partial charge in [-0.2, -0.15) is 0 Å². The quantitative estimate of drug-likeness (QED) is 0.415. The molecule has 0 amide bonds. The van der Waals surface area contributed by atoms with Crippen molar-refractivity contribution in [3.8, 4) is 0 Å². The molecule has 20 heavy (non-hydrogen) atoms. The zero-order valence-electron chi connectivity index (χ0n) is 9.88. The van der Waals surface area contributed by atoms with Crippen molar-refractivity contribution in [2.24, 2.45) is 0 Å². The highest BCUT2D eigenvalue weighted by Crippen LogP contribution is 2.35. The van der Waals surface area contributed by atoms with Crippen molar-refractivity contribution in [1.29, 1.82) is 0 Å². The van der Waals surface area contributed by atoms with E-state index in [4.69, 9.17) is 0 Å². The Labute approximate surface area is 139 Å². The highest BCUT2D eigenvalue weighted by Gasteiger charge is 2.14. The molecule has 0 atom stereocenters. The average Bonchev–Trinajstić information content (AvgIpc) is 2.51. The minimum atomic E-state index is -0.424. The van der Waals surface area contributed by atoms with E-state index >= 15 is 0 Å². The lowest BCUT2D eigenvalue weighted by molar-refractivity contribution is 0.639. The van der Waals surface area contributed by atoms with E-state index in [1.165, 1.54) is 6.07 Å². The number of benzene rings is 2. The molecule has 0 radical (unpaired) electrons. The fraction of sp³-hybridized carbons (Fsp3) is 0. The Hall–Kier alpha value is -0.780. The van der Waals surface area contributed by atoms with Gasteiger partial charge in [0.05, 0.1) is 0 Å². The van der Waals surface area contributed by atoms with Crippen molar-refractivity contribution in [1.82, 2.24) is 0 Å². The van der Waals surface area contributed by atoms with Crippen LogP contribution in [0.25, 0.3) is 21.5 Å². The van der Waals surface area contributed by atoms with Crippen molar-refractivity contribution < 1.29 is 4.39 Å². The molecule has 0 aromatic heterocycles. The molecule has 0 unspecified atom stereocenters. The van der Waals surface area contributed by atoms with E-state index in [-0.39, 0.29) is 10.8 Å². The Balaban J connectivity index is 2.78. The van der Waals surface area contributed by atoms with Crippen molar-refractivity contribution in [2.75, 3.05) is 0 Å². The third kappa shape index (κ3) is 2.12. The molecule has 0 aliphatic heterocycles. The van der Waals surface area contributed by atoms with Gasteiger partial charge in [0, 0.05) is 35.0 Å². The first-order valence-corrected chi connectivity index (χ1v) is 8.07. The van der Waals surface area contributed by atoms with Gasteiger partial charge in [-0.25, -0.2) is 4.39 Å². The number of rotatable bonds is 0. The maximum Gasteiger partial charge on any atom is 0.194 e. The van der Waals surface area contributed by atoms with Gasteiger partial charge in [0.1, 0.15) is 5.82 Å². The number of hydrogen-bond donors (Lipinski definition) is 0. The van der Waals surface area contributed by atoms with Crippen molar-refractivity contribution in [3.05, 3.63) is 65.9 Å². The van der Waals surface area contributed by atoms with Crippen LogP contribution in [0.1, 0.15) is 0 Å². The van der Waals surface area contributed by atoms with Gasteiger partial charge >= 0.3 is 0 Å². The van der Waals surface area contributed by atoms with Crippen LogP contribution >= 0.6 is 47.8 Å². The normalized spacial score (nSPS) is 11.2. The molecule has 3 aromatic carbocycles. The van der Waals surface area contributed by atoms with E-state index in [0.717, 1.165) is 9.86 Å². The largest absolute Gasteiger partial charge is 0.289 e. The van der Waals surface area contributed by atoms with Crippen LogP contribution in [-0.2, 0) is 0 Å². The molecular weight excluding hydrogens is 455 g/mol. The molecule has 3 rings (SSSR count). The van der Waals surface area contributed by atoms with Crippen molar-refractivity contribution in [3.63, 3.8) is 0 Å². The molecule has 0 bridgehead atoms. The van der Waals surface area contributed by atoms with Crippen molar-refractivity contribution >= 4 is 69.3 Å².